The molecule has 0 N–H and O–H groups in total. The molecule has 1 saturated carbocycles. The Labute approximate surface area is 68.4 Å². The average Bonchev–Trinajstić information content (AvgIpc) is 2.16. The van der Waals surface area contributed by atoms with Crippen molar-refractivity contribution in [2.45, 2.75) is 51.1 Å². The first-order valence-corrected chi connectivity index (χ1v) is 4.41. The first kappa shape index (κ1) is 7.62. The van der Waals surface area contributed by atoms with Gasteiger partial charge in [0.1, 0.15) is 0 Å². The van der Waals surface area contributed by atoms with Crippen molar-refractivity contribution in [1.29, 1.82) is 0 Å². The summed E-state index contributed by atoms with van der Waals surface area (Å²) in [6, 6.07) is 0. The van der Waals surface area contributed by atoms with Crippen LogP contribution in [0.4, 0.5) is 0 Å². The molecule has 2 fully saturated rings. The normalized spacial score (nSPS) is 49.9. The van der Waals surface area contributed by atoms with Crippen LogP contribution in [0, 0.1) is 0 Å². The van der Waals surface area contributed by atoms with Crippen molar-refractivity contribution in [3.8, 4) is 0 Å². The highest BCUT2D eigenvalue weighted by Gasteiger charge is 2.57. The van der Waals surface area contributed by atoms with Crippen molar-refractivity contribution < 1.29 is 9.31 Å². The molecule has 2 unspecified atom stereocenters. The molecule has 2 atom stereocenters. The fraction of sp³-hybridized carbons (Fsp3) is 1.00. The van der Waals surface area contributed by atoms with E-state index in [1.807, 2.05) is 6.82 Å². The van der Waals surface area contributed by atoms with Crippen LogP contribution in [0.15, 0.2) is 0 Å². The van der Waals surface area contributed by atoms with Crippen molar-refractivity contribution >= 4 is 7.12 Å². The van der Waals surface area contributed by atoms with E-state index in [4.69, 9.17) is 9.31 Å². The number of hydrogen-bond donors (Lipinski definition) is 0. The van der Waals surface area contributed by atoms with Gasteiger partial charge >= 0.3 is 7.12 Å². The van der Waals surface area contributed by atoms with Crippen molar-refractivity contribution in [3.63, 3.8) is 0 Å². The largest absolute Gasteiger partial charge is 0.454 e. The van der Waals surface area contributed by atoms with E-state index in [0.717, 1.165) is 12.8 Å². The van der Waals surface area contributed by atoms with Crippen LogP contribution in [0.3, 0.4) is 0 Å². The third kappa shape index (κ3) is 0.874. The summed E-state index contributed by atoms with van der Waals surface area (Å²) in [5.41, 5.74) is -0.0150. The van der Waals surface area contributed by atoms with Crippen LogP contribution < -0.4 is 0 Å². The fourth-order valence-corrected chi connectivity index (χ4v) is 2.42. The lowest BCUT2D eigenvalue weighted by atomic mass is 9.90. The lowest BCUT2D eigenvalue weighted by Crippen LogP contribution is -2.41. The molecule has 0 radical (unpaired) electrons. The molecule has 1 aliphatic heterocycles. The molecule has 0 aromatic rings. The Morgan fingerprint density at radius 1 is 1.09 bits per heavy atom. The topological polar surface area (TPSA) is 18.5 Å². The second-order valence-corrected chi connectivity index (χ2v) is 4.12. The summed E-state index contributed by atoms with van der Waals surface area (Å²) in [6.07, 6.45) is 3.53. The molecular formula is C8H15BO2. The summed E-state index contributed by atoms with van der Waals surface area (Å²) >= 11 is 0. The Kier molecular flexibility index (Phi) is 1.40. The summed E-state index contributed by atoms with van der Waals surface area (Å²) < 4.78 is 11.5. The van der Waals surface area contributed by atoms with E-state index in [2.05, 4.69) is 13.8 Å². The molecule has 2 nitrogen and oxygen atoms in total. The molecule has 1 heterocycles. The maximum atomic E-state index is 5.75. The number of hydrogen-bond acceptors (Lipinski definition) is 2. The molecule has 0 spiro atoms. The minimum atomic E-state index is -0.00898. The molecule has 1 saturated heterocycles. The minimum absolute atomic E-state index is 0.00752. The van der Waals surface area contributed by atoms with Crippen molar-refractivity contribution in [2.24, 2.45) is 0 Å². The fourth-order valence-electron chi connectivity index (χ4n) is 2.42. The van der Waals surface area contributed by atoms with Crippen LogP contribution in [0.25, 0.3) is 0 Å². The summed E-state index contributed by atoms with van der Waals surface area (Å²) in [4.78, 5) is 0. The third-order valence-corrected chi connectivity index (χ3v) is 3.28. The third-order valence-electron chi connectivity index (χ3n) is 3.28. The van der Waals surface area contributed by atoms with E-state index in [1.165, 1.54) is 6.42 Å². The van der Waals surface area contributed by atoms with E-state index in [9.17, 15) is 0 Å². The molecule has 0 bridgehead atoms. The summed E-state index contributed by atoms with van der Waals surface area (Å²) in [5, 5.41) is 0. The van der Waals surface area contributed by atoms with Gasteiger partial charge in [-0.1, -0.05) is 0 Å². The monoisotopic (exact) mass is 154 g/mol. The molecule has 0 aromatic carbocycles. The first-order valence-electron chi connectivity index (χ1n) is 4.41. The number of rotatable bonds is 0. The highest BCUT2D eigenvalue weighted by Crippen LogP contribution is 2.49. The van der Waals surface area contributed by atoms with Gasteiger partial charge in [-0.25, -0.2) is 0 Å². The maximum Gasteiger partial charge on any atom is 0.454 e. The molecule has 3 heteroatoms. The molecule has 11 heavy (non-hydrogen) atoms. The van der Waals surface area contributed by atoms with Crippen LogP contribution >= 0.6 is 0 Å². The van der Waals surface area contributed by atoms with E-state index in [0.29, 0.717) is 0 Å². The van der Waals surface area contributed by atoms with Gasteiger partial charge in [-0.3, -0.25) is 0 Å². The first-order chi connectivity index (χ1) is 5.06. The lowest BCUT2D eigenvalue weighted by molar-refractivity contribution is 0.00578. The number of fused-ring (bicyclic) bond motifs is 1. The Hall–Kier alpha value is -0.0151. The summed E-state index contributed by atoms with van der Waals surface area (Å²) in [7, 11) is -0.00898. The minimum Gasteiger partial charge on any atom is -0.403 e. The molecular weight excluding hydrogens is 139 g/mol. The standard InChI is InChI=1S/C8H15BO2/c1-7-5-4-6-8(7,2)11-9(3)10-7/h4-6H2,1-3H3. The van der Waals surface area contributed by atoms with Gasteiger partial charge in [-0.15, -0.1) is 0 Å². The molecule has 1 aliphatic carbocycles. The summed E-state index contributed by atoms with van der Waals surface area (Å²) in [6.45, 7) is 6.32. The lowest BCUT2D eigenvalue weighted by Gasteiger charge is -2.32. The SMILES string of the molecule is CB1OC2(C)CCCC2(C)O1. The molecule has 2 aliphatic rings. The van der Waals surface area contributed by atoms with Crippen LogP contribution in [0.1, 0.15) is 33.1 Å². The molecule has 0 aromatic heterocycles. The van der Waals surface area contributed by atoms with Crippen molar-refractivity contribution in [2.75, 3.05) is 0 Å². The van der Waals surface area contributed by atoms with E-state index >= 15 is 0 Å². The average molecular weight is 154 g/mol. The Morgan fingerprint density at radius 3 is 2.00 bits per heavy atom. The second kappa shape index (κ2) is 2.02. The Bertz CT molecular complexity index is 167. The maximum absolute atomic E-state index is 5.75. The Balaban J connectivity index is 2.28. The van der Waals surface area contributed by atoms with Gasteiger partial charge < -0.3 is 9.31 Å². The smallest absolute Gasteiger partial charge is 0.403 e. The molecule has 2 rings (SSSR count). The zero-order chi connectivity index (χ0) is 8.11. The van der Waals surface area contributed by atoms with Crippen LogP contribution in [-0.2, 0) is 9.31 Å². The highest BCUT2D eigenvalue weighted by atomic mass is 16.7. The van der Waals surface area contributed by atoms with Gasteiger partial charge in [0.15, 0.2) is 0 Å². The van der Waals surface area contributed by atoms with E-state index < -0.39 is 0 Å². The zero-order valence-electron chi connectivity index (χ0n) is 7.52. The predicted octanol–water partition coefficient (Wildman–Crippen LogP) is 1.85. The van der Waals surface area contributed by atoms with Gasteiger partial charge in [-0.05, 0) is 39.9 Å². The van der Waals surface area contributed by atoms with Gasteiger partial charge in [0.2, 0.25) is 0 Å². The molecule has 62 valence electrons. The van der Waals surface area contributed by atoms with Crippen LogP contribution in [-0.4, -0.2) is 18.3 Å². The highest BCUT2D eigenvalue weighted by molar-refractivity contribution is 6.43. The van der Waals surface area contributed by atoms with Crippen molar-refractivity contribution in [1.82, 2.24) is 0 Å². The summed E-state index contributed by atoms with van der Waals surface area (Å²) in [5.74, 6) is 0. The van der Waals surface area contributed by atoms with E-state index in [-0.39, 0.29) is 18.3 Å². The van der Waals surface area contributed by atoms with E-state index in [1.54, 1.807) is 0 Å². The van der Waals surface area contributed by atoms with Gasteiger partial charge in [-0.2, -0.15) is 0 Å². The van der Waals surface area contributed by atoms with Crippen LogP contribution in [0.5, 0.6) is 0 Å². The Morgan fingerprint density at radius 2 is 1.55 bits per heavy atom. The quantitative estimate of drug-likeness (QED) is 0.495. The van der Waals surface area contributed by atoms with Crippen LogP contribution in [0.2, 0.25) is 6.82 Å². The second-order valence-electron chi connectivity index (χ2n) is 4.12. The van der Waals surface area contributed by atoms with Gasteiger partial charge in [0.25, 0.3) is 0 Å². The van der Waals surface area contributed by atoms with Gasteiger partial charge in [0, 0.05) is 0 Å². The van der Waals surface area contributed by atoms with Gasteiger partial charge in [0.05, 0.1) is 11.2 Å². The molecule has 0 amide bonds. The zero-order valence-corrected chi connectivity index (χ0v) is 7.52. The van der Waals surface area contributed by atoms with Crippen molar-refractivity contribution in [3.05, 3.63) is 0 Å². The predicted molar refractivity (Wildman–Crippen MR) is 44.4 cm³/mol.